The second kappa shape index (κ2) is 6.05. The number of rotatable bonds is 2. The standard InChI is InChI=1S/C23H22N2/c1-3-10-21-17(6-1)8-5-9-19(21)14-25-15-20-13-24-12-18-7-2-4-11-22(18)23(20)16-25/h1-12,20,24H,13-16H2/t20-/m0/s1. The van der Waals surface area contributed by atoms with Crippen LogP contribution >= 0.6 is 0 Å². The number of nitrogens with one attached hydrogen (secondary N) is 1. The summed E-state index contributed by atoms with van der Waals surface area (Å²) < 4.78 is 0. The zero-order chi connectivity index (χ0) is 16.6. The Hall–Kier alpha value is -2.58. The van der Waals surface area contributed by atoms with Crippen molar-refractivity contribution in [2.24, 2.45) is 5.92 Å². The number of hydrogen-bond acceptors (Lipinski definition) is 2. The minimum Gasteiger partial charge on any atom is -0.390 e. The molecule has 0 bridgehead atoms. The van der Waals surface area contributed by atoms with Gasteiger partial charge in [0.2, 0.25) is 0 Å². The summed E-state index contributed by atoms with van der Waals surface area (Å²) in [4.78, 5) is 2.60. The van der Waals surface area contributed by atoms with E-state index in [9.17, 15) is 0 Å². The Balaban J connectivity index is 1.51. The molecular weight excluding hydrogens is 304 g/mol. The summed E-state index contributed by atoms with van der Waals surface area (Å²) >= 11 is 0. The predicted octanol–water partition coefficient (Wildman–Crippen LogP) is 2.46. The Morgan fingerprint density at radius 2 is 1.76 bits per heavy atom. The van der Waals surface area contributed by atoms with E-state index >= 15 is 0 Å². The van der Waals surface area contributed by atoms with Gasteiger partial charge in [-0.15, -0.1) is 0 Å². The van der Waals surface area contributed by atoms with E-state index in [0.29, 0.717) is 5.92 Å². The van der Waals surface area contributed by atoms with Crippen molar-refractivity contribution in [2.45, 2.75) is 6.54 Å². The zero-order valence-electron chi connectivity index (χ0n) is 14.3. The highest BCUT2D eigenvalue weighted by molar-refractivity contribution is 5.85. The van der Waals surface area contributed by atoms with Crippen LogP contribution in [-0.4, -0.2) is 24.5 Å². The van der Waals surface area contributed by atoms with Gasteiger partial charge in [-0.1, -0.05) is 66.7 Å². The summed E-state index contributed by atoms with van der Waals surface area (Å²) in [6.45, 7) is 4.26. The van der Waals surface area contributed by atoms with Gasteiger partial charge in [-0.2, -0.15) is 0 Å². The van der Waals surface area contributed by atoms with E-state index in [2.05, 4.69) is 83.1 Å². The van der Waals surface area contributed by atoms with E-state index < -0.39 is 0 Å². The van der Waals surface area contributed by atoms with Gasteiger partial charge < -0.3 is 5.32 Å². The molecule has 2 nitrogen and oxygen atoms in total. The van der Waals surface area contributed by atoms with E-state index in [1.165, 1.54) is 26.8 Å². The Morgan fingerprint density at radius 3 is 2.76 bits per heavy atom. The number of nitrogens with zero attached hydrogens (tertiary/aromatic N) is 1. The molecule has 0 spiro atoms. The lowest BCUT2D eigenvalue weighted by molar-refractivity contribution is 0.318. The fraction of sp³-hybridized carbons (Fsp3) is 0.217. The lowest BCUT2D eigenvalue weighted by Gasteiger charge is -2.17. The summed E-state index contributed by atoms with van der Waals surface area (Å²) in [6.07, 6.45) is 2.18. The first-order valence-corrected chi connectivity index (χ1v) is 9.09. The van der Waals surface area contributed by atoms with Crippen molar-refractivity contribution < 1.29 is 0 Å². The lowest BCUT2D eigenvalue weighted by Crippen LogP contribution is -2.28. The van der Waals surface area contributed by atoms with Gasteiger partial charge in [-0.25, -0.2) is 0 Å². The average Bonchev–Trinajstić information content (AvgIpc) is 2.97. The van der Waals surface area contributed by atoms with Crippen LogP contribution in [0, 0.1) is 5.92 Å². The van der Waals surface area contributed by atoms with E-state index in [1.54, 1.807) is 5.57 Å². The van der Waals surface area contributed by atoms with Gasteiger partial charge in [0.05, 0.1) is 0 Å². The predicted molar refractivity (Wildman–Crippen MR) is 104 cm³/mol. The maximum atomic E-state index is 3.52. The Kier molecular flexibility index (Phi) is 3.57. The van der Waals surface area contributed by atoms with E-state index in [-0.39, 0.29) is 0 Å². The lowest BCUT2D eigenvalue weighted by atomic mass is 10.0. The summed E-state index contributed by atoms with van der Waals surface area (Å²) in [6, 6.07) is 24.2. The summed E-state index contributed by atoms with van der Waals surface area (Å²) in [5, 5.41) is 8.99. The number of hydrogen-bond donors (Lipinski definition) is 1. The first kappa shape index (κ1) is 14.7. The van der Waals surface area contributed by atoms with Gasteiger partial charge in [0.15, 0.2) is 0 Å². The second-order valence-corrected chi connectivity index (χ2v) is 7.17. The molecule has 0 aliphatic carbocycles. The molecule has 5 rings (SSSR count). The second-order valence-electron chi connectivity index (χ2n) is 7.17. The quantitative estimate of drug-likeness (QED) is 0.778. The SMILES string of the molecule is C1=c2ccccc2=C2CN(Cc3cccc4ccccc34)C[C@@H]2CN1. The van der Waals surface area contributed by atoms with E-state index in [0.717, 1.165) is 26.2 Å². The highest BCUT2D eigenvalue weighted by Crippen LogP contribution is 2.26. The maximum Gasteiger partial charge on any atom is 0.0243 e. The molecule has 3 aromatic rings. The van der Waals surface area contributed by atoms with Gasteiger partial charge in [-0.3, -0.25) is 4.90 Å². The van der Waals surface area contributed by atoms with E-state index in [4.69, 9.17) is 0 Å². The Labute approximate surface area is 148 Å². The van der Waals surface area contributed by atoms with Crippen LogP contribution in [0.4, 0.5) is 0 Å². The monoisotopic (exact) mass is 326 g/mol. The molecule has 3 aromatic carbocycles. The molecule has 25 heavy (non-hydrogen) atoms. The van der Waals surface area contributed by atoms with Crippen molar-refractivity contribution in [1.29, 1.82) is 0 Å². The van der Waals surface area contributed by atoms with Crippen molar-refractivity contribution in [3.05, 3.63) is 82.7 Å². The third-order valence-electron chi connectivity index (χ3n) is 5.57. The van der Waals surface area contributed by atoms with Crippen molar-refractivity contribution in [1.82, 2.24) is 10.2 Å². The molecule has 2 aliphatic heterocycles. The zero-order valence-corrected chi connectivity index (χ0v) is 14.3. The number of fused-ring (bicyclic) bond motifs is 3. The van der Waals surface area contributed by atoms with Crippen molar-refractivity contribution in [3.8, 4) is 0 Å². The fourth-order valence-corrected chi connectivity index (χ4v) is 4.37. The average molecular weight is 326 g/mol. The van der Waals surface area contributed by atoms with Crippen molar-refractivity contribution in [2.75, 3.05) is 19.6 Å². The van der Waals surface area contributed by atoms with Gasteiger partial charge in [0.25, 0.3) is 0 Å². The molecule has 0 radical (unpaired) electrons. The highest BCUT2D eigenvalue weighted by atomic mass is 15.2. The minimum absolute atomic E-state index is 0.606. The van der Waals surface area contributed by atoms with Crippen LogP contribution in [0.25, 0.3) is 22.5 Å². The molecule has 0 unspecified atom stereocenters. The largest absolute Gasteiger partial charge is 0.390 e. The Bertz CT molecular complexity index is 1050. The molecule has 1 saturated heterocycles. The van der Waals surface area contributed by atoms with Crippen LogP contribution in [0.5, 0.6) is 0 Å². The van der Waals surface area contributed by atoms with Gasteiger partial charge in [0, 0.05) is 38.3 Å². The molecule has 0 aromatic heterocycles. The van der Waals surface area contributed by atoms with Gasteiger partial charge in [0.1, 0.15) is 0 Å². The molecule has 1 atom stereocenters. The first-order chi connectivity index (χ1) is 12.4. The third-order valence-corrected chi connectivity index (χ3v) is 5.57. The fourth-order valence-electron chi connectivity index (χ4n) is 4.37. The molecule has 124 valence electrons. The molecule has 1 N–H and O–H groups in total. The summed E-state index contributed by atoms with van der Waals surface area (Å²) in [5.41, 5.74) is 3.03. The summed E-state index contributed by atoms with van der Waals surface area (Å²) in [7, 11) is 0. The van der Waals surface area contributed by atoms with Crippen LogP contribution in [-0.2, 0) is 6.54 Å². The molecule has 0 amide bonds. The Morgan fingerprint density at radius 1 is 0.920 bits per heavy atom. The smallest absolute Gasteiger partial charge is 0.0243 e. The molecular formula is C23H22N2. The van der Waals surface area contributed by atoms with Gasteiger partial charge >= 0.3 is 0 Å². The van der Waals surface area contributed by atoms with Crippen LogP contribution < -0.4 is 15.8 Å². The first-order valence-electron chi connectivity index (χ1n) is 9.09. The molecule has 1 fully saturated rings. The number of likely N-dealkylation sites (tertiary alicyclic amines) is 1. The molecule has 2 heterocycles. The topological polar surface area (TPSA) is 15.3 Å². The van der Waals surface area contributed by atoms with E-state index in [1.807, 2.05) is 0 Å². The number of benzene rings is 3. The van der Waals surface area contributed by atoms with Crippen LogP contribution in [0.15, 0.2) is 66.7 Å². The van der Waals surface area contributed by atoms with Gasteiger partial charge in [-0.05, 0) is 32.3 Å². The highest BCUT2D eigenvalue weighted by Gasteiger charge is 2.28. The normalized spacial score (nSPS) is 19.7. The summed E-state index contributed by atoms with van der Waals surface area (Å²) in [5.74, 6) is 0.606. The minimum atomic E-state index is 0.606. The molecule has 0 saturated carbocycles. The van der Waals surface area contributed by atoms with Crippen LogP contribution in [0.1, 0.15) is 5.56 Å². The molecule has 2 heteroatoms. The van der Waals surface area contributed by atoms with Crippen LogP contribution in [0.3, 0.4) is 0 Å². The maximum absolute atomic E-state index is 3.52. The van der Waals surface area contributed by atoms with Crippen molar-refractivity contribution >= 4 is 22.5 Å². The van der Waals surface area contributed by atoms with Crippen molar-refractivity contribution in [3.63, 3.8) is 0 Å². The van der Waals surface area contributed by atoms with Crippen LogP contribution in [0.2, 0.25) is 0 Å². The third kappa shape index (κ3) is 2.63. The molecule has 2 aliphatic rings.